The third kappa shape index (κ3) is 2.22. The number of nitrogens with two attached hydrogens (primary N) is 1. The summed E-state index contributed by atoms with van der Waals surface area (Å²) < 4.78 is 0. The van der Waals surface area contributed by atoms with Crippen LogP contribution < -0.4 is 11.1 Å². The van der Waals surface area contributed by atoms with Gasteiger partial charge in [-0.2, -0.15) is 0 Å². The van der Waals surface area contributed by atoms with Crippen LogP contribution >= 0.6 is 0 Å². The fourth-order valence-corrected chi connectivity index (χ4v) is 1.90. The topological polar surface area (TPSA) is 76.7 Å². The fourth-order valence-electron chi connectivity index (χ4n) is 1.90. The molecular weight excluding hydrogens is 250 g/mol. The van der Waals surface area contributed by atoms with E-state index in [0.29, 0.717) is 11.6 Å². The van der Waals surface area contributed by atoms with Crippen molar-refractivity contribution in [1.82, 2.24) is 15.0 Å². The Morgan fingerprint density at radius 2 is 2.05 bits per heavy atom. The van der Waals surface area contributed by atoms with Crippen LogP contribution in [0.15, 0.2) is 42.9 Å². The number of anilines is 3. The average molecular weight is 261 g/mol. The van der Waals surface area contributed by atoms with Gasteiger partial charge in [-0.1, -0.05) is 12.0 Å². The van der Waals surface area contributed by atoms with Gasteiger partial charge < -0.3 is 11.1 Å². The van der Waals surface area contributed by atoms with Gasteiger partial charge in [0.05, 0.1) is 11.7 Å². The van der Waals surface area contributed by atoms with E-state index in [4.69, 9.17) is 12.2 Å². The molecule has 0 radical (unpaired) electrons. The quantitative estimate of drug-likeness (QED) is 0.692. The lowest BCUT2D eigenvalue weighted by molar-refractivity contribution is 1.20. The van der Waals surface area contributed by atoms with Crippen molar-refractivity contribution < 1.29 is 0 Å². The van der Waals surface area contributed by atoms with E-state index in [-0.39, 0.29) is 0 Å². The van der Waals surface area contributed by atoms with Crippen molar-refractivity contribution in [2.45, 2.75) is 0 Å². The molecular formula is C15H11N5. The molecule has 0 unspecified atom stereocenters. The van der Waals surface area contributed by atoms with E-state index in [0.717, 1.165) is 22.2 Å². The van der Waals surface area contributed by atoms with Crippen LogP contribution in [0.1, 0.15) is 5.56 Å². The van der Waals surface area contributed by atoms with Gasteiger partial charge >= 0.3 is 0 Å². The first-order chi connectivity index (χ1) is 9.76. The maximum absolute atomic E-state index is 5.71. The highest BCUT2D eigenvalue weighted by molar-refractivity contribution is 5.91. The third-order valence-corrected chi connectivity index (χ3v) is 2.83. The molecule has 0 aliphatic heterocycles. The van der Waals surface area contributed by atoms with Crippen molar-refractivity contribution in [2.75, 3.05) is 11.1 Å². The predicted octanol–water partition coefficient (Wildman–Crippen LogP) is 2.33. The minimum Gasteiger partial charge on any atom is -0.384 e. The van der Waals surface area contributed by atoms with Gasteiger partial charge in [-0.25, -0.2) is 15.0 Å². The van der Waals surface area contributed by atoms with Gasteiger partial charge in [0.15, 0.2) is 0 Å². The smallest absolute Gasteiger partial charge is 0.141 e. The molecule has 3 rings (SSSR count). The molecule has 0 fully saturated rings. The number of hydrogen-bond acceptors (Lipinski definition) is 5. The molecule has 0 saturated carbocycles. The maximum Gasteiger partial charge on any atom is 0.141 e. The number of nitrogens with zero attached hydrogens (tertiary/aromatic N) is 3. The molecule has 5 nitrogen and oxygen atoms in total. The van der Waals surface area contributed by atoms with Crippen molar-refractivity contribution in [1.29, 1.82) is 0 Å². The Balaban J connectivity index is 2.06. The highest BCUT2D eigenvalue weighted by Gasteiger charge is 2.05. The minimum absolute atomic E-state index is 0.424. The van der Waals surface area contributed by atoms with Crippen LogP contribution in [-0.4, -0.2) is 15.0 Å². The number of aromatic nitrogens is 3. The van der Waals surface area contributed by atoms with Crippen LogP contribution in [0.25, 0.3) is 10.9 Å². The van der Waals surface area contributed by atoms with Crippen LogP contribution in [-0.2, 0) is 0 Å². The van der Waals surface area contributed by atoms with Crippen LogP contribution in [0.3, 0.4) is 0 Å². The number of nitrogens with one attached hydrogen (secondary N) is 1. The highest BCUT2D eigenvalue weighted by Crippen LogP contribution is 2.23. The van der Waals surface area contributed by atoms with Crippen LogP contribution in [0, 0.1) is 12.3 Å². The minimum atomic E-state index is 0.424. The zero-order chi connectivity index (χ0) is 13.9. The molecule has 0 amide bonds. The van der Waals surface area contributed by atoms with E-state index >= 15 is 0 Å². The number of nitrogen functional groups attached to an aromatic ring is 1. The van der Waals surface area contributed by atoms with Gasteiger partial charge in [-0.3, -0.25) is 0 Å². The van der Waals surface area contributed by atoms with Crippen LogP contribution in [0.5, 0.6) is 0 Å². The lowest BCUT2D eigenvalue weighted by Gasteiger charge is -2.08. The average Bonchev–Trinajstić information content (AvgIpc) is 2.48. The number of benzene rings is 1. The summed E-state index contributed by atoms with van der Waals surface area (Å²) in [6, 6.07) is 9.28. The first kappa shape index (κ1) is 11.9. The molecule has 2 aromatic heterocycles. The molecule has 3 aromatic rings. The zero-order valence-corrected chi connectivity index (χ0v) is 10.5. The summed E-state index contributed by atoms with van der Waals surface area (Å²) >= 11 is 0. The number of fused-ring (bicyclic) bond motifs is 1. The first-order valence-electron chi connectivity index (χ1n) is 5.96. The zero-order valence-electron chi connectivity index (χ0n) is 10.5. The van der Waals surface area contributed by atoms with Crippen molar-refractivity contribution in [2.24, 2.45) is 0 Å². The van der Waals surface area contributed by atoms with Crippen LogP contribution in [0.4, 0.5) is 17.3 Å². The SMILES string of the molecule is C#Cc1cccc(Nc2ncnc3cnc(N)cc23)c1. The normalized spacial score (nSPS) is 10.2. The van der Waals surface area contributed by atoms with Crippen LogP contribution in [0.2, 0.25) is 0 Å². The van der Waals surface area contributed by atoms with Gasteiger partial charge in [0.1, 0.15) is 18.0 Å². The molecule has 0 saturated heterocycles. The first-order valence-corrected chi connectivity index (χ1v) is 5.96. The van der Waals surface area contributed by atoms with E-state index in [1.165, 1.54) is 6.33 Å². The lowest BCUT2D eigenvalue weighted by Crippen LogP contribution is -1.98. The standard InChI is InChI=1S/C15H11N5/c1-2-10-4-3-5-11(6-10)20-15-12-7-14(16)17-8-13(12)18-9-19-15/h1,3-9H,(H2,16,17)(H,18,19,20). The van der Waals surface area contributed by atoms with Gasteiger partial charge in [0, 0.05) is 16.6 Å². The Bertz CT molecular complexity index is 820. The molecule has 0 spiro atoms. The van der Waals surface area contributed by atoms with Gasteiger partial charge in [-0.15, -0.1) is 6.42 Å². The lowest BCUT2D eigenvalue weighted by atomic mass is 10.2. The summed E-state index contributed by atoms with van der Waals surface area (Å²) in [6.07, 6.45) is 8.49. The van der Waals surface area contributed by atoms with Gasteiger partial charge in [0.2, 0.25) is 0 Å². The second-order valence-electron chi connectivity index (χ2n) is 4.20. The van der Waals surface area contributed by atoms with Gasteiger partial charge in [0.25, 0.3) is 0 Å². The van der Waals surface area contributed by atoms with E-state index in [9.17, 15) is 0 Å². The molecule has 0 aliphatic rings. The fraction of sp³-hybridized carbons (Fsp3) is 0. The highest BCUT2D eigenvalue weighted by atomic mass is 15.0. The van der Waals surface area contributed by atoms with Crippen molar-refractivity contribution in [3.63, 3.8) is 0 Å². The molecule has 2 heterocycles. The van der Waals surface area contributed by atoms with E-state index < -0.39 is 0 Å². The molecule has 20 heavy (non-hydrogen) atoms. The Hall–Kier alpha value is -3.13. The van der Waals surface area contributed by atoms with Crippen molar-refractivity contribution >= 4 is 28.2 Å². The third-order valence-electron chi connectivity index (χ3n) is 2.83. The molecule has 0 bridgehead atoms. The molecule has 3 N–H and O–H groups in total. The number of rotatable bonds is 2. The second kappa shape index (κ2) is 4.86. The summed E-state index contributed by atoms with van der Waals surface area (Å²) in [4.78, 5) is 12.4. The van der Waals surface area contributed by atoms with Crippen molar-refractivity contribution in [3.8, 4) is 12.3 Å². The van der Waals surface area contributed by atoms with Gasteiger partial charge in [-0.05, 0) is 24.3 Å². The molecule has 5 heteroatoms. The molecule has 0 atom stereocenters. The summed E-state index contributed by atoms with van der Waals surface area (Å²) in [6.45, 7) is 0. The Labute approximate surface area is 115 Å². The Kier molecular flexibility index (Phi) is 2.90. The monoisotopic (exact) mass is 261 g/mol. The number of hydrogen-bond donors (Lipinski definition) is 2. The maximum atomic E-state index is 5.71. The summed E-state index contributed by atoms with van der Waals surface area (Å²) in [7, 11) is 0. The summed E-state index contributed by atoms with van der Waals surface area (Å²) in [5.41, 5.74) is 8.10. The number of terminal acetylenes is 1. The van der Waals surface area contributed by atoms with E-state index in [2.05, 4.69) is 26.2 Å². The summed E-state index contributed by atoms with van der Waals surface area (Å²) in [5, 5.41) is 4.03. The Morgan fingerprint density at radius 3 is 2.90 bits per heavy atom. The Morgan fingerprint density at radius 1 is 1.15 bits per heavy atom. The number of pyridine rings is 1. The molecule has 1 aromatic carbocycles. The second-order valence-corrected chi connectivity index (χ2v) is 4.20. The van der Waals surface area contributed by atoms with E-state index in [1.54, 1.807) is 12.3 Å². The molecule has 0 aliphatic carbocycles. The van der Waals surface area contributed by atoms with E-state index in [1.807, 2.05) is 24.3 Å². The summed E-state index contributed by atoms with van der Waals surface area (Å²) in [5.74, 6) is 3.69. The molecule has 96 valence electrons. The largest absolute Gasteiger partial charge is 0.384 e. The predicted molar refractivity (Wildman–Crippen MR) is 79.4 cm³/mol. The van der Waals surface area contributed by atoms with Crippen molar-refractivity contribution in [3.05, 3.63) is 48.4 Å².